The summed E-state index contributed by atoms with van der Waals surface area (Å²) in [4.78, 5) is 10.6. The van der Waals surface area contributed by atoms with Gasteiger partial charge in [0.2, 0.25) is 0 Å². The van der Waals surface area contributed by atoms with E-state index >= 15 is 0 Å². The van der Waals surface area contributed by atoms with E-state index in [2.05, 4.69) is 16.6 Å². The Kier molecular flexibility index (Phi) is 7.14. The van der Waals surface area contributed by atoms with Crippen molar-refractivity contribution in [3.05, 3.63) is 23.8 Å². The van der Waals surface area contributed by atoms with Gasteiger partial charge in [-0.25, -0.2) is 10.2 Å². The SMILES string of the molecule is COc1cccc(C=NNC(N)=O)c1OCCCCC#N. The molecular formula is C14H18N4O3. The Morgan fingerprint density at radius 3 is 3.00 bits per heavy atom. The molecule has 0 aromatic heterocycles. The van der Waals surface area contributed by atoms with Crippen LogP contribution < -0.4 is 20.6 Å². The highest BCUT2D eigenvalue weighted by molar-refractivity contribution is 5.86. The van der Waals surface area contributed by atoms with Crippen LogP contribution in [-0.2, 0) is 0 Å². The molecule has 1 rings (SSSR count). The highest BCUT2D eigenvalue weighted by atomic mass is 16.5. The molecule has 0 unspecified atom stereocenters. The highest BCUT2D eigenvalue weighted by Gasteiger charge is 2.09. The van der Waals surface area contributed by atoms with Crippen molar-refractivity contribution in [2.75, 3.05) is 13.7 Å². The normalized spacial score (nSPS) is 10.1. The topological polar surface area (TPSA) is 110 Å². The molecule has 21 heavy (non-hydrogen) atoms. The number of nitrogens with one attached hydrogen (secondary N) is 1. The number of nitriles is 1. The van der Waals surface area contributed by atoms with Gasteiger partial charge in [0.1, 0.15) is 0 Å². The molecule has 0 heterocycles. The van der Waals surface area contributed by atoms with Crippen molar-refractivity contribution >= 4 is 12.2 Å². The van der Waals surface area contributed by atoms with E-state index in [9.17, 15) is 4.79 Å². The molecule has 1 aromatic carbocycles. The number of carbonyl (C=O) groups excluding carboxylic acids is 1. The minimum Gasteiger partial charge on any atom is -0.493 e. The zero-order valence-electron chi connectivity index (χ0n) is 11.8. The molecular weight excluding hydrogens is 272 g/mol. The van der Waals surface area contributed by atoms with Crippen LogP contribution in [-0.4, -0.2) is 26.0 Å². The van der Waals surface area contributed by atoms with Crippen LogP contribution in [0.15, 0.2) is 23.3 Å². The monoisotopic (exact) mass is 290 g/mol. The van der Waals surface area contributed by atoms with E-state index in [1.165, 1.54) is 6.21 Å². The molecule has 0 atom stereocenters. The average molecular weight is 290 g/mol. The van der Waals surface area contributed by atoms with Gasteiger partial charge in [0.05, 0.1) is 26.0 Å². The summed E-state index contributed by atoms with van der Waals surface area (Å²) in [7, 11) is 1.54. The van der Waals surface area contributed by atoms with Crippen LogP contribution in [0.25, 0.3) is 0 Å². The lowest BCUT2D eigenvalue weighted by molar-refractivity contribution is 0.249. The standard InChI is InChI=1S/C14H18N4O3/c1-20-12-7-5-6-11(10-17-18-14(16)19)13(12)21-9-4-2-3-8-15/h5-7,10H,2-4,9H2,1H3,(H3,16,18,19). The maximum atomic E-state index is 10.6. The van der Waals surface area contributed by atoms with Crippen molar-refractivity contribution in [1.82, 2.24) is 5.43 Å². The fraction of sp³-hybridized carbons (Fsp3) is 0.357. The van der Waals surface area contributed by atoms with Gasteiger partial charge >= 0.3 is 6.03 Å². The van der Waals surface area contributed by atoms with Gasteiger partial charge in [0.25, 0.3) is 0 Å². The Bertz CT molecular complexity index is 538. The molecule has 2 amide bonds. The number of amides is 2. The van der Waals surface area contributed by atoms with Crippen molar-refractivity contribution in [1.29, 1.82) is 5.26 Å². The fourth-order valence-electron chi connectivity index (χ4n) is 1.60. The molecule has 1 aromatic rings. The summed E-state index contributed by atoms with van der Waals surface area (Å²) in [6.07, 6.45) is 3.48. The Morgan fingerprint density at radius 2 is 2.33 bits per heavy atom. The summed E-state index contributed by atoms with van der Waals surface area (Å²) in [6, 6.07) is 6.67. The number of nitrogens with zero attached hydrogens (tertiary/aromatic N) is 2. The second-order valence-electron chi connectivity index (χ2n) is 4.08. The fourth-order valence-corrected chi connectivity index (χ4v) is 1.60. The van der Waals surface area contributed by atoms with Crippen LogP contribution in [0.1, 0.15) is 24.8 Å². The maximum absolute atomic E-state index is 10.6. The van der Waals surface area contributed by atoms with Gasteiger partial charge in [0.15, 0.2) is 11.5 Å². The summed E-state index contributed by atoms with van der Waals surface area (Å²) in [5.74, 6) is 1.10. The number of methoxy groups -OCH3 is 1. The van der Waals surface area contributed by atoms with Gasteiger partial charge in [-0.3, -0.25) is 0 Å². The van der Waals surface area contributed by atoms with E-state index in [0.29, 0.717) is 30.1 Å². The number of urea groups is 1. The van der Waals surface area contributed by atoms with E-state index in [1.807, 2.05) is 0 Å². The highest BCUT2D eigenvalue weighted by Crippen LogP contribution is 2.30. The number of rotatable bonds is 8. The molecule has 0 spiro atoms. The van der Waals surface area contributed by atoms with Crippen molar-refractivity contribution in [3.8, 4) is 17.6 Å². The second-order valence-corrected chi connectivity index (χ2v) is 4.08. The lowest BCUT2D eigenvalue weighted by Gasteiger charge is -2.12. The number of para-hydroxylation sites is 1. The number of hydrogen-bond acceptors (Lipinski definition) is 5. The Morgan fingerprint density at radius 1 is 1.52 bits per heavy atom. The van der Waals surface area contributed by atoms with Crippen molar-refractivity contribution in [2.24, 2.45) is 10.8 Å². The number of nitrogens with two attached hydrogens (primary N) is 1. The number of primary amides is 1. The van der Waals surface area contributed by atoms with Crippen LogP contribution in [0.4, 0.5) is 4.79 Å². The van der Waals surface area contributed by atoms with Crippen LogP contribution >= 0.6 is 0 Å². The first-order valence-corrected chi connectivity index (χ1v) is 6.44. The third-order valence-electron chi connectivity index (χ3n) is 2.54. The number of benzene rings is 1. The summed E-state index contributed by atoms with van der Waals surface area (Å²) < 4.78 is 10.9. The van der Waals surface area contributed by atoms with E-state index in [0.717, 1.165) is 12.8 Å². The maximum Gasteiger partial charge on any atom is 0.332 e. The third-order valence-corrected chi connectivity index (χ3v) is 2.54. The summed E-state index contributed by atoms with van der Waals surface area (Å²) in [5, 5.41) is 12.2. The smallest absolute Gasteiger partial charge is 0.332 e. The Balaban J connectivity index is 2.75. The number of hydrazone groups is 1. The predicted octanol–water partition coefficient (Wildman–Crippen LogP) is 1.77. The van der Waals surface area contributed by atoms with Crippen molar-refractivity contribution < 1.29 is 14.3 Å². The summed E-state index contributed by atoms with van der Waals surface area (Å²) in [6.45, 7) is 0.464. The molecule has 0 fully saturated rings. The molecule has 7 heteroatoms. The molecule has 0 bridgehead atoms. The molecule has 0 aliphatic rings. The van der Waals surface area contributed by atoms with Crippen LogP contribution in [0.2, 0.25) is 0 Å². The minimum atomic E-state index is -0.742. The molecule has 3 N–H and O–H groups in total. The number of unbranched alkanes of at least 4 members (excludes halogenated alkanes) is 2. The largest absolute Gasteiger partial charge is 0.493 e. The lowest BCUT2D eigenvalue weighted by atomic mass is 10.2. The number of ether oxygens (including phenoxy) is 2. The summed E-state index contributed by atoms with van der Waals surface area (Å²) >= 11 is 0. The van der Waals surface area contributed by atoms with Gasteiger partial charge in [-0.1, -0.05) is 6.07 Å². The van der Waals surface area contributed by atoms with E-state index in [4.69, 9.17) is 20.5 Å². The molecule has 7 nitrogen and oxygen atoms in total. The van der Waals surface area contributed by atoms with Crippen molar-refractivity contribution in [2.45, 2.75) is 19.3 Å². The molecule has 0 aliphatic heterocycles. The van der Waals surface area contributed by atoms with Gasteiger partial charge in [0, 0.05) is 12.0 Å². The molecule has 0 radical (unpaired) electrons. The van der Waals surface area contributed by atoms with Gasteiger partial charge in [-0.2, -0.15) is 10.4 Å². The summed E-state index contributed by atoms with van der Waals surface area (Å²) in [5.41, 5.74) is 7.71. The molecule has 0 aliphatic carbocycles. The second kappa shape index (κ2) is 9.20. The third kappa shape index (κ3) is 5.82. The zero-order valence-corrected chi connectivity index (χ0v) is 11.8. The minimum absolute atomic E-state index is 0.464. The first kappa shape index (κ1) is 16.3. The Labute approximate surface area is 123 Å². The van der Waals surface area contributed by atoms with Gasteiger partial charge in [-0.15, -0.1) is 0 Å². The van der Waals surface area contributed by atoms with Crippen LogP contribution in [0.3, 0.4) is 0 Å². The average Bonchev–Trinajstić information content (AvgIpc) is 2.47. The van der Waals surface area contributed by atoms with Gasteiger partial charge < -0.3 is 15.2 Å². The molecule has 112 valence electrons. The molecule has 0 saturated carbocycles. The number of carbonyl (C=O) groups is 1. The Hall–Kier alpha value is -2.75. The van der Waals surface area contributed by atoms with Gasteiger partial charge in [-0.05, 0) is 25.0 Å². The van der Waals surface area contributed by atoms with E-state index in [-0.39, 0.29) is 0 Å². The quantitative estimate of drug-likeness (QED) is 0.432. The zero-order chi connectivity index (χ0) is 15.5. The van der Waals surface area contributed by atoms with E-state index < -0.39 is 6.03 Å². The lowest BCUT2D eigenvalue weighted by Crippen LogP contribution is -2.24. The van der Waals surface area contributed by atoms with Crippen molar-refractivity contribution in [3.63, 3.8) is 0 Å². The predicted molar refractivity (Wildman–Crippen MR) is 78.3 cm³/mol. The van der Waals surface area contributed by atoms with Crippen LogP contribution in [0.5, 0.6) is 11.5 Å². The number of hydrogen-bond donors (Lipinski definition) is 2. The first-order valence-electron chi connectivity index (χ1n) is 6.44. The van der Waals surface area contributed by atoms with E-state index in [1.54, 1.807) is 25.3 Å². The van der Waals surface area contributed by atoms with Crippen LogP contribution in [0, 0.1) is 11.3 Å². The molecule has 0 saturated heterocycles. The first-order chi connectivity index (χ1) is 10.2.